The number of fused-ring (bicyclic) bond motifs is 3. The number of ether oxygens (including phenoxy) is 1. The minimum Gasteiger partial charge on any atom is -0.497 e. The molecule has 2 heterocycles. The van der Waals surface area contributed by atoms with Crippen molar-refractivity contribution in [2.45, 2.75) is 13.1 Å². The summed E-state index contributed by atoms with van der Waals surface area (Å²) in [6.45, 7) is 0.413. The van der Waals surface area contributed by atoms with Crippen LogP contribution in [0, 0.1) is 5.82 Å². The zero-order valence-electron chi connectivity index (χ0n) is 18.0. The minimum atomic E-state index is -0.371. The van der Waals surface area contributed by atoms with Crippen molar-refractivity contribution in [3.63, 3.8) is 0 Å². The molecule has 0 aliphatic heterocycles. The number of benzene rings is 3. The smallest absolute Gasteiger partial charge is 0.242 e. The lowest BCUT2D eigenvalue weighted by atomic mass is 10.1. The molecule has 0 bridgehead atoms. The first kappa shape index (κ1) is 20.6. The van der Waals surface area contributed by atoms with Gasteiger partial charge >= 0.3 is 0 Å². The Kier molecular flexibility index (Phi) is 5.44. The van der Waals surface area contributed by atoms with E-state index in [2.05, 4.69) is 10.3 Å². The SMILES string of the molecule is COc1ccc(-c2nn(CC(=O)NCc3ccccc3)c3c2cnc2ccc(F)cc23)cc1. The third-order valence-corrected chi connectivity index (χ3v) is 5.52. The van der Waals surface area contributed by atoms with Crippen molar-refractivity contribution in [1.29, 1.82) is 0 Å². The van der Waals surface area contributed by atoms with Gasteiger partial charge in [0.25, 0.3) is 0 Å². The molecule has 5 aromatic rings. The summed E-state index contributed by atoms with van der Waals surface area (Å²) in [4.78, 5) is 17.3. The van der Waals surface area contributed by atoms with Crippen molar-refractivity contribution < 1.29 is 13.9 Å². The van der Waals surface area contributed by atoms with E-state index in [1.54, 1.807) is 24.1 Å². The van der Waals surface area contributed by atoms with Crippen molar-refractivity contribution in [3.8, 4) is 17.0 Å². The molecule has 0 atom stereocenters. The van der Waals surface area contributed by atoms with Crippen LogP contribution < -0.4 is 10.1 Å². The maximum Gasteiger partial charge on any atom is 0.242 e. The van der Waals surface area contributed by atoms with Crippen LogP contribution in [0.25, 0.3) is 33.1 Å². The highest BCUT2D eigenvalue weighted by Crippen LogP contribution is 2.33. The first-order valence-electron chi connectivity index (χ1n) is 10.5. The van der Waals surface area contributed by atoms with Gasteiger partial charge in [0.05, 0.1) is 18.1 Å². The third kappa shape index (κ3) is 4.13. The molecule has 0 saturated carbocycles. The Balaban J connectivity index is 1.57. The second-order valence-corrected chi connectivity index (χ2v) is 7.68. The quantitative estimate of drug-likeness (QED) is 0.415. The summed E-state index contributed by atoms with van der Waals surface area (Å²) in [5, 5.41) is 9.02. The van der Waals surface area contributed by atoms with Crippen molar-refractivity contribution >= 4 is 27.7 Å². The number of carbonyl (C=O) groups excluding carboxylic acids is 1. The van der Waals surface area contributed by atoms with Crippen molar-refractivity contribution in [3.05, 3.63) is 90.4 Å². The topological polar surface area (TPSA) is 69.0 Å². The van der Waals surface area contributed by atoms with Gasteiger partial charge in [-0.2, -0.15) is 5.10 Å². The molecule has 33 heavy (non-hydrogen) atoms. The molecule has 0 aliphatic carbocycles. The number of nitrogens with zero attached hydrogens (tertiary/aromatic N) is 3. The van der Waals surface area contributed by atoms with E-state index in [0.29, 0.717) is 28.7 Å². The van der Waals surface area contributed by atoms with Crippen LogP contribution in [0.15, 0.2) is 79.0 Å². The number of carbonyl (C=O) groups is 1. The molecule has 1 amide bonds. The fourth-order valence-electron chi connectivity index (χ4n) is 3.89. The molecule has 0 spiro atoms. The van der Waals surface area contributed by atoms with Gasteiger partial charge in [-0.15, -0.1) is 0 Å². The molecule has 1 N–H and O–H groups in total. The van der Waals surface area contributed by atoms with Crippen molar-refractivity contribution in [1.82, 2.24) is 20.1 Å². The molecule has 0 saturated heterocycles. The molecule has 0 radical (unpaired) electrons. The fraction of sp³-hybridized carbons (Fsp3) is 0.115. The zero-order chi connectivity index (χ0) is 22.8. The van der Waals surface area contributed by atoms with Crippen LogP contribution in [0.4, 0.5) is 4.39 Å². The Morgan fingerprint density at radius 1 is 1.03 bits per heavy atom. The van der Waals surface area contributed by atoms with Gasteiger partial charge in [-0.3, -0.25) is 14.5 Å². The van der Waals surface area contributed by atoms with Gasteiger partial charge in [0.1, 0.15) is 23.8 Å². The Hall–Kier alpha value is -4.26. The minimum absolute atomic E-state index is 0.00485. The number of aromatic nitrogens is 3. The van der Waals surface area contributed by atoms with E-state index in [9.17, 15) is 9.18 Å². The predicted molar refractivity (Wildman–Crippen MR) is 125 cm³/mol. The van der Waals surface area contributed by atoms with E-state index in [-0.39, 0.29) is 18.3 Å². The average Bonchev–Trinajstić information content (AvgIpc) is 3.22. The van der Waals surface area contributed by atoms with Gasteiger partial charge in [0, 0.05) is 29.1 Å². The highest BCUT2D eigenvalue weighted by Gasteiger charge is 2.18. The van der Waals surface area contributed by atoms with Crippen LogP contribution >= 0.6 is 0 Å². The number of amides is 1. The summed E-state index contributed by atoms with van der Waals surface area (Å²) < 4.78 is 21.0. The molecule has 5 rings (SSSR count). The molecule has 2 aromatic heterocycles. The van der Waals surface area contributed by atoms with Crippen LogP contribution in [0.1, 0.15) is 5.56 Å². The molecule has 164 valence electrons. The van der Waals surface area contributed by atoms with Crippen LogP contribution in [-0.2, 0) is 17.9 Å². The molecular formula is C26H21FN4O2. The number of nitrogens with one attached hydrogen (secondary N) is 1. The summed E-state index contributed by atoms with van der Waals surface area (Å²) in [6.07, 6.45) is 1.72. The van der Waals surface area contributed by atoms with Gasteiger partial charge in [-0.25, -0.2) is 4.39 Å². The number of pyridine rings is 1. The number of rotatable bonds is 6. The number of hydrogen-bond acceptors (Lipinski definition) is 4. The van der Waals surface area contributed by atoms with E-state index in [4.69, 9.17) is 9.84 Å². The van der Waals surface area contributed by atoms with Crippen LogP contribution in [0.5, 0.6) is 5.75 Å². The van der Waals surface area contributed by atoms with E-state index in [0.717, 1.165) is 22.3 Å². The average molecular weight is 440 g/mol. The number of methoxy groups -OCH3 is 1. The highest BCUT2D eigenvalue weighted by molar-refractivity contribution is 6.08. The van der Waals surface area contributed by atoms with Crippen molar-refractivity contribution in [2.75, 3.05) is 7.11 Å². The molecule has 6 nitrogen and oxygen atoms in total. The van der Waals surface area contributed by atoms with Gasteiger partial charge < -0.3 is 10.1 Å². The highest BCUT2D eigenvalue weighted by atomic mass is 19.1. The second-order valence-electron chi connectivity index (χ2n) is 7.68. The third-order valence-electron chi connectivity index (χ3n) is 5.52. The normalized spacial score (nSPS) is 11.1. The Labute approximate surface area is 189 Å². The van der Waals surface area contributed by atoms with Crippen LogP contribution in [-0.4, -0.2) is 27.8 Å². The second kappa shape index (κ2) is 8.70. The van der Waals surface area contributed by atoms with Crippen molar-refractivity contribution in [2.24, 2.45) is 0 Å². The molecule has 7 heteroatoms. The Morgan fingerprint density at radius 2 is 1.82 bits per heavy atom. The summed E-state index contributed by atoms with van der Waals surface area (Å²) in [6, 6.07) is 21.6. The number of hydrogen-bond donors (Lipinski definition) is 1. The Morgan fingerprint density at radius 3 is 2.58 bits per heavy atom. The number of halogens is 1. The van der Waals surface area contributed by atoms with Gasteiger partial charge in [0.15, 0.2) is 0 Å². The lowest BCUT2D eigenvalue weighted by Crippen LogP contribution is -2.27. The van der Waals surface area contributed by atoms with E-state index >= 15 is 0 Å². The van der Waals surface area contributed by atoms with Gasteiger partial charge in [-0.05, 0) is 48.0 Å². The summed E-state index contributed by atoms with van der Waals surface area (Å²) in [5.74, 6) is 0.170. The monoisotopic (exact) mass is 440 g/mol. The molecule has 0 aliphatic rings. The van der Waals surface area contributed by atoms with Gasteiger partial charge in [0.2, 0.25) is 5.91 Å². The summed E-state index contributed by atoms with van der Waals surface area (Å²) in [7, 11) is 1.61. The molecule has 0 fully saturated rings. The van der Waals surface area contributed by atoms with E-state index in [1.807, 2.05) is 54.6 Å². The summed E-state index contributed by atoms with van der Waals surface area (Å²) >= 11 is 0. The van der Waals surface area contributed by atoms with E-state index < -0.39 is 0 Å². The predicted octanol–water partition coefficient (Wildman–Crippen LogP) is 4.72. The molecular weight excluding hydrogens is 419 g/mol. The fourth-order valence-corrected chi connectivity index (χ4v) is 3.89. The van der Waals surface area contributed by atoms with Gasteiger partial charge in [-0.1, -0.05) is 30.3 Å². The lowest BCUT2D eigenvalue weighted by molar-refractivity contribution is -0.121. The van der Waals surface area contributed by atoms with Crippen LogP contribution in [0.2, 0.25) is 0 Å². The largest absolute Gasteiger partial charge is 0.497 e. The lowest BCUT2D eigenvalue weighted by Gasteiger charge is -2.08. The zero-order valence-corrected chi connectivity index (χ0v) is 18.0. The summed E-state index contributed by atoms with van der Waals surface area (Å²) in [5.41, 5.74) is 3.83. The first-order valence-corrected chi connectivity index (χ1v) is 10.5. The van der Waals surface area contributed by atoms with Crippen LogP contribution in [0.3, 0.4) is 0 Å². The molecule has 3 aromatic carbocycles. The standard InChI is InChI=1S/C26H21FN4O2/c1-33-20-10-7-18(8-11-20)25-22-15-28-23-12-9-19(27)13-21(23)26(22)31(30-25)16-24(32)29-14-17-5-3-2-4-6-17/h2-13,15H,14,16H2,1H3,(H,29,32). The maximum atomic E-state index is 14.1. The molecule has 0 unspecified atom stereocenters. The maximum absolute atomic E-state index is 14.1. The Bertz CT molecular complexity index is 1450. The van der Waals surface area contributed by atoms with E-state index in [1.165, 1.54) is 12.1 Å². The first-order chi connectivity index (χ1) is 16.1.